The fourth-order valence-corrected chi connectivity index (χ4v) is 1.74. The highest BCUT2D eigenvalue weighted by Crippen LogP contribution is 2.21. The first-order valence-corrected chi connectivity index (χ1v) is 6.85. The molecule has 0 aliphatic rings. The topological polar surface area (TPSA) is 124 Å². The van der Waals surface area contributed by atoms with E-state index >= 15 is 0 Å². The average molecular weight is 326 g/mol. The molecule has 0 atom stereocenters. The van der Waals surface area contributed by atoms with Gasteiger partial charge in [0, 0.05) is 6.20 Å². The van der Waals surface area contributed by atoms with Gasteiger partial charge in [-0.3, -0.25) is 4.79 Å². The molecular formula is C16H14N4O4. The summed E-state index contributed by atoms with van der Waals surface area (Å²) in [6.07, 6.45) is 1.50. The summed E-state index contributed by atoms with van der Waals surface area (Å²) in [5.41, 5.74) is -0.350. The molecule has 0 spiro atoms. The minimum atomic E-state index is -1.17. The van der Waals surface area contributed by atoms with Crippen LogP contribution in [0.25, 0.3) is 0 Å². The molecule has 0 saturated heterocycles. The van der Waals surface area contributed by atoms with Crippen LogP contribution in [0.15, 0.2) is 70.3 Å². The number of benzene rings is 1. The summed E-state index contributed by atoms with van der Waals surface area (Å²) < 4.78 is 0. The molecular weight excluding hydrogens is 312 g/mol. The number of carboxylic acids is 1. The highest BCUT2D eigenvalue weighted by Gasteiger charge is 2.15. The number of aliphatic hydroxyl groups is 1. The van der Waals surface area contributed by atoms with Gasteiger partial charge in [-0.05, 0) is 31.2 Å². The predicted octanol–water partition coefficient (Wildman–Crippen LogP) is 3.29. The number of anilines is 1. The smallest absolute Gasteiger partial charge is 0.337 e. The molecule has 0 aliphatic heterocycles. The van der Waals surface area contributed by atoms with Crippen molar-refractivity contribution >= 4 is 23.4 Å². The Morgan fingerprint density at radius 3 is 2.42 bits per heavy atom. The van der Waals surface area contributed by atoms with E-state index in [0.29, 0.717) is 0 Å². The summed E-state index contributed by atoms with van der Waals surface area (Å²) >= 11 is 0. The number of rotatable bonds is 5. The van der Waals surface area contributed by atoms with Crippen LogP contribution in [0.4, 0.5) is 11.5 Å². The molecule has 0 bridgehead atoms. The van der Waals surface area contributed by atoms with Crippen molar-refractivity contribution < 1.29 is 19.8 Å². The summed E-state index contributed by atoms with van der Waals surface area (Å²) in [7, 11) is 0. The van der Waals surface area contributed by atoms with Crippen molar-refractivity contribution in [2.75, 3.05) is 5.32 Å². The molecule has 8 nitrogen and oxygen atoms in total. The van der Waals surface area contributed by atoms with Crippen LogP contribution in [-0.4, -0.2) is 27.1 Å². The first-order valence-electron chi connectivity index (χ1n) is 6.85. The summed E-state index contributed by atoms with van der Waals surface area (Å²) in [5, 5.41) is 28.6. The van der Waals surface area contributed by atoms with Crippen LogP contribution in [0, 0.1) is 0 Å². The first kappa shape index (κ1) is 16.8. The van der Waals surface area contributed by atoms with E-state index in [1.807, 2.05) is 0 Å². The molecule has 1 heterocycles. The van der Waals surface area contributed by atoms with E-state index in [0.717, 1.165) is 0 Å². The van der Waals surface area contributed by atoms with E-state index in [1.165, 1.54) is 25.3 Å². The molecule has 0 fully saturated rings. The minimum absolute atomic E-state index is 0.0642. The lowest BCUT2D eigenvalue weighted by molar-refractivity contribution is -0.113. The Hall–Kier alpha value is -3.55. The van der Waals surface area contributed by atoms with E-state index in [2.05, 4.69) is 20.5 Å². The highest BCUT2D eigenvalue weighted by atomic mass is 16.4. The van der Waals surface area contributed by atoms with Gasteiger partial charge in [0.2, 0.25) is 0 Å². The van der Waals surface area contributed by atoms with E-state index in [1.54, 1.807) is 30.3 Å². The fraction of sp³-hybridized carbons (Fsp3) is 0.0625. The third-order valence-corrected chi connectivity index (χ3v) is 2.86. The second-order valence-corrected chi connectivity index (χ2v) is 4.63. The zero-order chi connectivity index (χ0) is 17.5. The number of azo groups is 1. The number of nitrogens with zero attached hydrogens (tertiary/aromatic N) is 3. The minimum Gasteiger partial charge on any atom is -0.510 e. The zero-order valence-corrected chi connectivity index (χ0v) is 12.7. The molecule has 0 saturated carbocycles. The molecule has 8 heteroatoms. The molecule has 24 heavy (non-hydrogen) atoms. The SMILES string of the molecule is C/C(O)=C(/N=Nc1ccccc1C(=O)O)C(=O)Nc1ccccn1. The lowest BCUT2D eigenvalue weighted by Gasteiger charge is -2.05. The van der Waals surface area contributed by atoms with Gasteiger partial charge in [-0.2, -0.15) is 0 Å². The van der Waals surface area contributed by atoms with E-state index in [4.69, 9.17) is 5.11 Å². The lowest BCUT2D eigenvalue weighted by Crippen LogP contribution is -2.15. The van der Waals surface area contributed by atoms with Crippen LogP contribution in [-0.2, 0) is 4.79 Å². The maximum atomic E-state index is 12.2. The van der Waals surface area contributed by atoms with Crippen molar-refractivity contribution in [3.63, 3.8) is 0 Å². The number of aromatic carboxylic acids is 1. The Bertz CT molecular complexity index is 812. The molecule has 1 aromatic carbocycles. The number of carbonyl (C=O) groups is 2. The normalized spacial score (nSPS) is 11.9. The van der Waals surface area contributed by atoms with Crippen LogP contribution < -0.4 is 5.32 Å². The van der Waals surface area contributed by atoms with Gasteiger partial charge in [-0.25, -0.2) is 9.78 Å². The van der Waals surface area contributed by atoms with Gasteiger partial charge >= 0.3 is 5.97 Å². The Morgan fingerprint density at radius 1 is 1.08 bits per heavy atom. The van der Waals surface area contributed by atoms with Crippen LogP contribution in [0.5, 0.6) is 0 Å². The second kappa shape index (κ2) is 7.63. The second-order valence-electron chi connectivity index (χ2n) is 4.63. The monoisotopic (exact) mass is 326 g/mol. The maximum absolute atomic E-state index is 12.2. The molecule has 3 N–H and O–H groups in total. The third kappa shape index (κ3) is 4.23. The van der Waals surface area contributed by atoms with Crippen molar-refractivity contribution in [1.29, 1.82) is 0 Å². The quantitative estimate of drug-likeness (QED) is 0.442. The van der Waals surface area contributed by atoms with Gasteiger partial charge in [0.05, 0.1) is 5.56 Å². The van der Waals surface area contributed by atoms with Crippen molar-refractivity contribution in [2.45, 2.75) is 6.92 Å². The van der Waals surface area contributed by atoms with Gasteiger partial charge in [0.1, 0.15) is 17.3 Å². The zero-order valence-electron chi connectivity index (χ0n) is 12.7. The summed E-state index contributed by atoms with van der Waals surface area (Å²) in [4.78, 5) is 27.2. The lowest BCUT2D eigenvalue weighted by atomic mass is 10.2. The number of nitrogens with one attached hydrogen (secondary N) is 1. The van der Waals surface area contributed by atoms with Gasteiger partial charge in [0.25, 0.3) is 5.91 Å². The number of hydrogen-bond donors (Lipinski definition) is 3. The number of aromatic nitrogens is 1. The van der Waals surface area contributed by atoms with Crippen molar-refractivity contribution in [2.24, 2.45) is 10.2 Å². The highest BCUT2D eigenvalue weighted by molar-refractivity contribution is 6.03. The number of carbonyl (C=O) groups excluding carboxylic acids is 1. The Labute approximate surface area is 137 Å². The number of amides is 1. The van der Waals surface area contributed by atoms with E-state index in [9.17, 15) is 14.7 Å². The van der Waals surface area contributed by atoms with Gasteiger partial charge in [-0.15, -0.1) is 10.2 Å². The van der Waals surface area contributed by atoms with Crippen molar-refractivity contribution in [3.8, 4) is 0 Å². The number of hydrogen-bond acceptors (Lipinski definition) is 6. The van der Waals surface area contributed by atoms with Crippen LogP contribution in [0.3, 0.4) is 0 Å². The number of pyridine rings is 1. The van der Waals surface area contributed by atoms with Gasteiger partial charge in [-0.1, -0.05) is 18.2 Å². The van der Waals surface area contributed by atoms with E-state index < -0.39 is 11.9 Å². The first-order chi connectivity index (χ1) is 11.5. The Kier molecular flexibility index (Phi) is 5.35. The molecule has 122 valence electrons. The predicted molar refractivity (Wildman–Crippen MR) is 86.1 cm³/mol. The molecule has 0 radical (unpaired) electrons. The Balaban J connectivity index is 2.26. The fourth-order valence-electron chi connectivity index (χ4n) is 1.74. The molecule has 1 aromatic heterocycles. The summed E-state index contributed by atoms with van der Waals surface area (Å²) in [6, 6.07) is 10.9. The van der Waals surface area contributed by atoms with Crippen LogP contribution in [0.1, 0.15) is 17.3 Å². The van der Waals surface area contributed by atoms with Crippen LogP contribution >= 0.6 is 0 Å². The number of carboxylic acid groups (broad SMARTS) is 1. The third-order valence-electron chi connectivity index (χ3n) is 2.86. The number of allylic oxidation sites excluding steroid dienone is 1. The maximum Gasteiger partial charge on any atom is 0.337 e. The molecule has 2 aromatic rings. The van der Waals surface area contributed by atoms with Gasteiger partial charge in [0.15, 0.2) is 5.70 Å². The van der Waals surface area contributed by atoms with E-state index in [-0.39, 0.29) is 28.5 Å². The summed E-state index contributed by atoms with van der Waals surface area (Å²) in [6.45, 7) is 1.27. The van der Waals surface area contributed by atoms with Crippen molar-refractivity contribution in [3.05, 3.63) is 65.7 Å². The molecule has 0 unspecified atom stereocenters. The molecule has 2 rings (SSSR count). The van der Waals surface area contributed by atoms with Gasteiger partial charge < -0.3 is 15.5 Å². The standard InChI is InChI=1S/C16H14N4O4/c1-10(21)14(15(22)18-13-8-4-5-9-17-13)20-19-12-7-3-2-6-11(12)16(23)24/h2-9,21H,1H3,(H,23,24)(H,17,18,22)/b14-10-,20-19?. The van der Waals surface area contributed by atoms with Crippen molar-refractivity contribution in [1.82, 2.24) is 4.98 Å². The summed E-state index contributed by atoms with van der Waals surface area (Å²) in [5.74, 6) is -1.97. The average Bonchev–Trinajstić information content (AvgIpc) is 2.56. The van der Waals surface area contributed by atoms with Crippen LogP contribution in [0.2, 0.25) is 0 Å². The Morgan fingerprint density at radius 2 is 1.79 bits per heavy atom. The number of aliphatic hydroxyl groups excluding tert-OH is 1. The largest absolute Gasteiger partial charge is 0.510 e. The molecule has 0 aliphatic carbocycles. The molecule has 1 amide bonds.